The molecule has 0 bridgehead atoms. The lowest BCUT2D eigenvalue weighted by atomic mass is 10.1. The summed E-state index contributed by atoms with van der Waals surface area (Å²) in [4.78, 5) is 13.0. The number of primary amides is 1. The Hall–Kier alpha value is -2.43. The van der Waals surface area contributed by atoms with Crippen molar-refractivity contribution in [3.63, 3.8) is 0 Å². The van der Waals surface area contributed by atoms with Crippen LogP contribution in [0, 0.1) is 0 Å². The van der Waals surface area contributed by atoms with Gasteiger partial charge in [-0.3, -0.25) is 4.79 Å². The molecule has 1 aromatic heterocycles. The maximum Gasteiger partial charge on any atom is 0.248 e. The first-order valence-electron chi connectivity index (χ1n) is 5.51. The van der Waals surface area contributed by atoms with E-state index >= 15 is 0 Å². The summed E-state index contributed by atoms with van der Waals surface area (Å²) in [5, 5.41) is 0. The first kappa shape index (κ1) is 12.0. The van der Waals surface area contributed by atoms with Gasteiger partial charge in [0.05, 0.1) is 24.2 Å². The number of nitrogens with zero attached hydrogens (tertiary/aromatic N) is 1. The largest absolute Gasteiger partial charge is 0.467 e. The van der Waals surface area contributed by atoms with E-state index in [-0.39, 0.29) is 0 Å². The van der Waals surface area contributed by atoms with Crippen molar-refractivity contribution in [3.05, 3.63) is 47.9 Å². The number of nitrogen functional groups attached to an aromatic ring is 1. The molecule has 1 aromatic carbocycles. The third-order valence-electron chi connectivity index (χ3n) is 2.70. The number of nitrogens with two attached hydrogens (primary N) is 2. The van der Waals surface area contributed by atoms with Gasteiger partial charge in [-0.15, -0.1) is 0 Å². The second-order valence-corrected chi connectivity index (χ2v) is 4.07. The van der Waals surface area contributed by atoms with Gasteiger partial charge in [-0.25, -0.2) is 0 Å². The predicted octanol–water partition coefficient (Wildman–Crippen LogP) is 1.60. The Balaban J connectivity index is 2.20. The number of anilines is 2. The number of carbonyl (C=O) groups is 1. The van der Waals surface area contributed by atoms with Crippen LogP contribution in [0.3, 0.4) is 0 Å². The standard InChI is InChI=1S/C13H15N3O2/c1-16(8-10-3-2-6-18-10)12-5-4-9(13(15)17)7-11(12)14/h2-7H,8,14H2,1H3,(H2,15,17). The Kier molecular flexibility index (Phi) is 3.23. The van der Waals surface area contributed by atoms with E-state index in [1.807, 2.05) is 24.1 Å². The van der Waals surface area contributed by atoms with Crippen LogP contribution in [-0.2, 0) is 6.54 Å². The lowest BCUT2D eigenvalue weighted by Gasteiger charge is -2.20. The maximum atomic E-state index is 11.0. The number of benzene rings is 1. The van der Waals surface area contributed by atoms with Gasteiger partial charge in [0.15, 0.2) is 0 Å². The van der Waals surface area contributed by atoms with Crippen molar-refractivity contribution < 1.29 is 9.21 Å². The summed E-state index contributed by atoms with van der Waals surface area (Å²) in [5.74, 6) is 0.359. The first-order chi connectivity index (χ1) is 8.58. The molecule has 1 heterocycles. The summed E-state index contributed by atoms with van der Waals surface area (Å²) < 4.78 is 5.27. The van der Waals surface area contributed by atoms with Crippen LogP contribution in [0.5, 0.6) is 0 Å². The van der Waals surface area contributed by atoms with Crippen molar-refractivity contribution in [2.24, 2.45) is 5.73 Å². The van der Waals surface area contributed by atoms with Crippen LogP contribution in [0.4, 0.5) is 11.4 Å². The molecule has 18 heavy (non-hydrogen) atoms. The molecule has 94 valence electrons. The van der Waals surface area contributed by atoms with Crippen LogP contribution in [-0.4, -0.2) is 13.0 Å². The molecule has 0 radical (unpaired) electrons. The van der Waals surface area contributed by atoms with E-state index in [0.29, 0.717) is 17.8 Å². The lowest BCUT2D eigenvalue weighted by Crippen LogP contribution is -2.18. The van der Waals surface area contributed by atoms with E-state index in [0.717, 1.165) is 11.4 Å². The molecule has 4 N–H and O–H groups in total. The van der Waals surface area contributed by atoms with Crippen LogP contribution in [0.2, 0.25) is 0 Å². The van der Waals surface area contributed by atoms with Gasteiger partial charge in [-0.05, 0) is 30.3 Å². The molecule has 5 nitrogen and oxygen atoms in total. The zero-order valence-electron chi connectivity index (χ0n) is 10.1. The van der Waals surface area contributed by atoms with Gasteiger partial charge in [0.1, 0.15) is 5.76 Å². The van der Waals surface area contributed by atoms with Gasteiger partial charge in [-0.1, -0.05) is 0 Å². The Morgan fingerprint density at radius 3 is 2.72 bits per heavy atom. The maximum absolute atomic E-state index is 11.0. The topological polar surface area (TPSA) is 85.5 Å². The van der Waals surface area contributed by atoms with Crippen molar-refractivity contribution in [1.29, 1.82) is 0 Å². The van der Waals surface area contributed by atoms with E-state index in [2.05, 4.69) is 0 Å². The number of carbonyl (C=O) groups excluding carboxylic acids is 1. The van der Waals surface area contributed by atoms with Crippen molar-refractivity contribution in [2.45, 2.75) is 6.54 Å². The zero-order chi connectivity index (χ0) is 13.1. The van der Waals surface area contributed by atoms with E-state index in [1.165, 1.54) is 0 Å². The van der Waals surface area contributed by atoms with Crippen molar-refractivity contribution in [1.82, 2.24) is 0 Å². The van der Waals surface area contributed by atoms with Gasteiger partial charge in [0.2, 0.25) is 5.91 Å². The molecule has 0 unspecified atom stereocenters. The molecule has 5 heteroatoms. The molecule has 0 aliphatic carbocycles. The average molecular weight is 245 g/mol. The summed E-state index contributed by atoms with van der Waals surface area (Å²) in [6.07, 6.45) is 1.63. The molecule has 0 aliphatic rings. The highest BCUT2D eigenvalue weighted by atomic mass is 16.3. The second-order valence-electron chi connectivity index (χ2n) is 4.07. The zero-order valence-corrected chi connectivity index (χ0v) is 10.1. The smallest absolute Gasteiger partial charge is 0.248 e. The quantitative estimate of drug-likeness (QED) is 0.801. The molecule has 1 amide bonds. The molecule has 0 saturated heterocycles. The number of furan rings is 1. The van der Waals surface area contributed by atoms with Crippen molar-refractivity contribution >= 4 is 17.3 Å². The van der Waals surface area contributed by atoms with E-state index in [9.17, 15) is 4.79 Å². The van der Waals surface area contributed by atoms with Crippen molar-refractivity contribution in [2.75, 3.05) is 17.7 Å². The van der Waals surface area contributed by atoms with E-state index in [4.69, 9.17) is 15.9 Å². The number of rotatable bonds is 4. The summed E-state index contributed by atoms with van der Waals surface area (Å²) in [6.45, 7) is 0.604. The van der Waals surface area contributed by atoms with Crippen LogP contribution in [0.1, 0.15) is 16.1 Å². The highest BCUT2D eigenvalue weighted by Crippen LogP contribution is 2.24. The fourth-order valence-electron chi connectivity index (χ4n) is 1.78. The summed E-state index contributed by atoms with van der Waals surface area (Å²) in [5.41, 5.74) is 12.9. The number of amides is 1. The minimum absolute atomic E-state index is 0.405. The Morgan fingerprint density at radius 2 is 2.17 bits per heavy atom. The Bertz CT molecular complexity index is 549. The molecule has 0 saturated carbocycles. The minimum Gasteiger partial charge on any atom is -0.467 e. The molecule has 0 atom stereocenters. The van der Waals surface area contributed by atoms with Gasteiger partial charge in [-0.2, -0.15) is 0 Å². The van der Waals surface area contributed by atoms with Crippen LogP contribution >= 0.6 is 0 Å². The summed E-state index contributed by atoms with van der Waals surface area (Å²) in [7, 11) is 1.90. The van der Waals surface area contributed by atoms with E-state index in [1.54, 1.807) is 24.5 Å². The minimum atomic E-state index is -0.484. The molecule has 0 fully saturated rings. The third-order valence-corrected chi connectivity index (χ3v) is 2.70. The van der Waals surface area contributed by atoms with Crippen LogP contribution in [0.15, 0.2) is 41.0 Å². The molecule has 0 spiro atoms. The fourth-order valence-corrected chi connectivity index (χ4v) is 1.78. The summed E-state index contributed by atoms with van der Waals surface area (Å²) >= 11 is 0. The molecule has 2 aromatic rings. The van der Waals surface area contributed by atoms with Gasteiger partial charge in [0, 0.05) is 12.6 Å². The fraction of sp³-hybridized carbons (Fsp3) is 0.154. The normalized spacial score (nSPS) is 10.3. The predicted molar refractivity (Wildman–Crippen MR) is 70.2 cm³/mol. The number of hydrogen-bond donors (Lipinski definition) is 2. The van der Waals surface area contributed by atoms with Crippen molar-refractivity contribution in [3.8, 4) is 0 Å². The Morgan fingerprint density at radius 1 is 1.39 bits per heavy atom. The van der Waals surface area contributed by atoms with Gasteiger partial charge >= 0.3 is 0 Å². The van der Waals surface area contributed by atoms with Crippen LogP contribution < -0.4 is 16.4 Å². The second kappa shape index (κ2) is 4.83. The molecular weight excluding hydrogens is 230 g/mol. The first-order valence-corrected chi connectivity index (χ1v) is 5.51. The monoisotopic (exact) mass is 245 g/mol. The molecule has 2 rings (SSSR count). The number of hydrogen-bond acceptors (Lipinski definition) is 4. The van der Waals surface area contributed by atoms with Gasteiger partial charge < -0.3 is 20.8 Å². The van der Waals surface area contributed by atoms with Gasteiger partial charge in [0.25, 0.3) is 0 Å². The summed E-state index contributed by atoms with van der Waals surface area (Å²) in [6, 6.07) is 8.74. The van der Waals surface area contributed by atoms with Crippen LogP contribution in [0.25, 0.3) is 0 Å². The molecule has 0 aliphatic heterocycles. The SMILES string of the molecule is CN(Cc1ccco1)c1ccc(C(N)=O)cc1N. The third kappa shape index (κ3) is 2.45. The van der Waals surface area contributed by atoms with E-state index < -0.39 is 5.91 Å². The average Bonchev–Trinajstić information content (AvgIpc) is 2.81. The Labute approximate surface area is 105 Å². The molecular formula is C13H15N3O2. The highest BCUT2D eigenvalue weighted by Gasteiger charge is 2.09. The highest BCUT2D eigenvalue weighted by molar-refractivity contribution is 5.94. The lowest BCUT2D eigenvalue weighted by molar-refractivity contribution is 0.100.